The summed E-state index contributed by atoms with van der Waals surface area (Å²) < 4.78 is 0. The number of amides is 6. The topological polar surface area (TPSA) is 382 Å². The fourth-order valence-corrected chi connectivity index (χ4v) is 6.65. The van der Waals surface area contributed by atoms with Crippen molar-refractivity contribution in [2.75, 3.05) is 6.54 Å². The number of nitrogens with one attached hydrogen (secondary N) is 7. The number of nitrogens with two attached hydrogens (primary N) is 1. The third kappa shape index (κ3) is 23.2. The molecule has 0 heterocycles. The quantitative estimate of drug-likeness (QED) is 0.0405. The van der Waals surface area contributed by atoms with Gasteiger partial charge >= 0.3 is 23.9 Å². The zero-order valence-electron chi connectivity index (χ0n) is 39.1. The molecule has 0 unspecified atom stereocenters. The van der Waals surface area contributed by atoms with Gasteiger partial charge in [0.15, 0.2) is 6.10 Å². The molecule has 67 heavy (non-hydrogen) atoms. The Morgan fingerprint density at radius 3 is 1.63 bits per heavy atom. The first-order chi connectivity index (χ1) is 31.2. The van der Waals surface area contributed by atoms with Crippen LogP contribution in [0, 0.1) is 17.8 Å². The van der Waals surface area contributed by atoms with E-state index in [0.717, 1.165) is 0 Å². The summed E-state index contributed by atoms with van der Waals surface area (Å²) in [7, 11) is 0. The van der Waals surface area contributed by atoms with Crippen LogP contribution in [-0.4, -0.2) is 146 Å². The summed E-state index contributed by atoms with van der Waals surface area (Å²) in [4.78, 5) is 126. The molecule has 0 radical (unpaired) electrons. The molecule has 0 spiro atoms. The van der Waals surface area contributed by atoms with Crippen LogP contribution in [-0.2, 0) is 54.4 Å². The summed E-state index contributed by atoms with van der Waals surface area (Å²) >= 11 is 0. The van der Waals surface area contributed by atoms with Crippen LogP contribution in [0.1, 0.15) is 99.0 Å². The van der Waals surface area contributed by atoms with Gasteiger partial charge in [0.1, 0.15) is 24.2 Å². The van der Waals surface area contributed by atoms with Crippen molar-refractivity contribution in [3.8, 4) is 0 Å². The van der Waals surface area contributed by atoms with E-state index in [2.05, 4.69) is 37.2 Å². The molecule has 14 N–H and O–H groups in total. The van der Waals surface area contributed by atoms with E-state index in [4.69, 9.17) is 10.8 Å². The first-order valence-electron chi connectivity index (χ1n) is 22.1. The molecule has 0 aliphatic heterocycles. The predicted molar refractivity (Wildman–Crippen MR) is 241 cm³/mol. The Morgan fingerprint density at radius 2 is 1.10 bits per heavy atom. The summed E-state index contributed by atoms with van der Waals surface area (Å²) in [5.74, 6) is -11.3. The highest BCUT2D eigenvalue weighted by atomic mass is 16.4. The van der Waals surface area contributed by atoms with Gasteiger partial charge in [-0.1, -0.05) is 71.9 Å². The monoisotopic (exact) mass is 950 g/mol. The Morgan fingerprint density at radius 1 is 0.567 bits per heavy atom. The number of rotatable bonds is 32. The highest BCUT2D eigenvalue weighted by Crippen LogP contribution is 2.14. The summed E-state index contributed by atoms with van der Waals surface area (Å²) in [6, 6.07) is -1.88. The lowest BCUT2D eigenvalue weighted by atomic mass is 9.96. The van der Waals surface area contributed by atoms with Gasteiger partial charge < -0.3 is 68.5 Å². The number of carbonyl (C=O) groups is 10. The molecular weight excluding hydrogens is 881 g/mol. The minimum Gasteiger partial charge on any atom is -0.481 e. The molecule has 1 aromatic rings. The second kappa shape index (κ2) is 29.4. The number of benzene rings is 1. The number of aliphatic carboxylic acids is 4. The van der Waals surface area contributed by atoms with E-state index < -0.39 is 139 Å². The molecule has 23 heteroatoms. The van der Waals surface area contributed by atoms with Gasteiger partial charge in [-0.25, -0.2) is 4.79 Å². The molecule has 1 rings (SSSR count). The van der Waals surface area contributed by atoms with Gasteiger partial charge in [0.2, 0.25) is 29.5 Å². The zero-order chi connectivity index (χ0) is 51.1. The Hall–Kier alpha value is -6.20. The first-order valence-corrected chi connectivity index (χ1v) is 22.1. The average Bonchev–Trinajstić information content (AvgIpc) is 3.23. The third-order valence-corrected chi connectivity index (χ3v) is 10.3. The largest absolute Gasteiger partial charge is 0.481 e. The van der Waals surface area contributed by atoms with Gasteiger partial charge in [-0.3, -0.25) is 43.2 Å². The predicted octanol–water partition coefficient (Wildman–Crippen LogP) is -1.16. The zero-order valence-corrected chi connectivity index (χ0v) is 39.1. The van der Waals surface area contributed by atoms with Crippen molar-refractivity contribution in [2.45, 2.75) is 154 Å². The molecule has 0 saturated carbocycles. The van der Waals surface area contributed by atoms with Gasteiger partial charge in [-0.15, -0.1) is 0 Å². The molecular formula is C44H70N8O15. The maximum atomic E-state index is 13.8. The Balaban J connectivity index is 3.16. The van der Waals surface area contributed by atoms with Gasteiger partial charge in [-0.05, 0) is 55.9 Å². The van der Waals surface area contributed by atoms with Crippen LogP contribution in [0.25, 0.3) is 0 Å². The van der Waals surface area contributed by atoms with Crippen molar-refractivity contribution in [3.05, 3.63) is 35.9 Å². The normalized spacial score (nSPS) is 15.3. The molecule has 23 nitrogen and oxygen atoms in total. The molecule has 0 aliphatic rings. The SMILES string of the molecule is CC(C)C[C@H](NC(=O)[C@@H](NC(=O)[C@@H](N)CCC(=O)O)C(C)C)C(=O)N[C@@H](CC(C)C)[C@H](O)C(=O)N[C@H](CN[C@@H](C)C(=O)N[C@@H](CCC(=O)O)C(=O)N[C@@H](Cc1ccccc1)C(=O)O)CC(=O)O. The van der Waals surface area contributed by atoms with Crippen LogP contribution < -0.4 is 43.0 Å². The van der Waals surface area contributed by atoms with Gasteiger partial charge in [0.25, 0.3) is 5.91 Å². The van der Waals surface area contributed by atoms with Crippen LogP contribution in [0.3, 0.4) is 0 Å². The maximum Gasteiger partial charge on any atom is 0.326 e. The van der Waals surface area contributed by atoms with E-state index >= 15 is 0 Å². The van der Waals surface area contributed by atoms with Crippen LogP contribution >= 0.6 is 0 Å². The molecule has 376 valence electrons. The standard InChI is InChI=1S/C44H70N8O15/c1-22(2)17-30(49-41(63)31(18-23(3)4)50-42(64)36(24(5)6)52-39(61)28(45)13-15-33(53)54)37(59)43(65)47-27(20-35(57)58)21-46-25(7)38(60)48-29(14-16-34(55)56)40(62)51-32(44(66)67)19-26-11-9-8-10-12-26/h8-12,22-25,27-32,36-37,46,59H,13-21,45H2,1-7H3,(H,47,65)(H,48,60)(H,49,63)(H,50,64)(H,51,62)(H,52,61)(H,53,54)(H,55,56)(H,57,58)(H,66,67)/t25-,27-,28-,29-,30-,31-,32-,36-,37-/m0/s1. The van der Waals surface area contributed by atoms with E-state index in [9.17, 15) is 68.4 Å². The molecule has 9 atom stereocenters. The molecule has 6 amide bonds. The number of carboxylic acids is 4. The first kappa shape index (κ1) is 58.8. The van der Waals surface area contributed by atoms with E-state index in [1.807, 2.05) is 0 Å². The van der Waals surface area contributed by atoms with Crippen molar-refractivity contribution >= 4 is 59.3 Å². The highest BCUT2D eigenvalue weighted by molar-refractivity contribution is 5.94. The maximum absolute atomic E-state index is 13.8. The summed E-state index contributed by atoms with van der Waals surface area (Å²) in [6.45, 7) is 11.3. The van der Waals surface area contributed by atoms with Gasteiger partial charge in [-0.2, -0.15) is 0 Å². The number of carboxylic acid groups (broad SMARTS) is 4. The molecule has 0 saturated heterocycles. The van der Waals surface area contributed by atoms with Crippen molar-refractivity contribution in [1.29, 1.82) is 0 Å². The Labute approximate surface area is 389 Å². The number of hydrogen-bond acceptors (Lipinski definition) is 13. The second-order valence-corrected chi connectivity index (χ2v) is 17.7. The lowest BCUT2D eigenvalue weighted by Gasteiger charge is -2.30. The van der Waals surface area contributed by atoms with Crippen LogP contribution in [0.5, 0.6) is 0 Å². The number of aliphatic hydroxyl groups is 1. The summed E-state index contributed by atoms with van der Waals surface area (Å²) in [5.41, 5.74) is 6.42. The molecule has 0 aliphatic carbocycles. The average molecular weight is 951 g/mol. The minimum atomic E-state index is -1.96. The molecule has 0 fully saturated rings. The van der Waals surface area contributed by atoms with E-state index in [1.54, 1.807) is 71.9 Å². The van der Waals surface area contributed by atoms with E-state index in [-0.39, 0.29) is 50.5 Å². The van der Waals surface area contributed by atoms with Crippen molar-refractivity contribution in [3.63, 3.8) is 0 Å². The lowest BCUT2D eigenvalue weighted by Crippen LogP contribution is -2.60. The minimum absolute atomic E-state index is 0.0384. The van der Waals surface area contributed by atoms with Crippen molar-refractivity contribution in [1.82, 2.24) is 37.2 Å². The highest BCUT2D eigenvalue weighted by Gasteiger charge is 2.35. The summed E-state index contributed by atoms with van der Waals surface area (Å²) in [6.07, 6.45) is -4.18. The Kier molecular flexibility index (Phi) is 25.8. The Bertz CT molecular complexity index is 1850. The van der Waals surface area contributed by atoms with Crippen molar-refractivity contribution in [2.24, 2.45) is 23.5 Å². The smallest absolute Gasteiger partial charge is 0.326 e. The van der Waals surface area contributed by atoms with Crippen LogP contribution in [0.4, 0.5) is 0 Å². The van der Waals surface area contributed by atoms with Crippen LogP contribution in [0.15, 0.2) is 30.3 Å². The lowest BCUT2D eigenvalue weighted by molar-refractivity contribution is -0.143. The number of hydrogen-bond donors (Lipinski definition) is 13. The summed E-state index contributed by atoms with van der Waals surface area (Å²) in [5, 5.41) is 66.6. The van der Waals surface area contributed by atoms with Gasteiger partial charge in [0, 0.05) is 25.8 Å². The van der Waals surface area contributed by atoms with Crippen molar-refractivity contribution < 1.29 is 73.5 Å². The fourth-order valence-electron chi connectivity index (χ4n) is 6.65. The number of carbonyl (C=O) groups excluding carboxylic acids is 6. The van der Waals surface area contributed by atoms with Gasteiger partial charge in [0.05, 0.1) is 30.6 Å². The number of aliphatic hydroxyl groups excluding tert-OH is 1. The van der Waals surface area contributed by atoms with Crippen LogP contribution in [0.2, 0.25) is 0 Å². The molecule has 0 bridgehead atoms. The molecule has 1 aromatic carbocycles. The second-order valence-electron chi connectivity index (χ2n) is 17.7. The van der Waals surface area contributed by atoms with E-state index in [0.29, 0.717) is 5.56 Å². The fraction of sp³-hybridized carbons (Fsp3) is 0.636. The van der Waals surface area contributed by atoms with E-state index in [1.165, 1.54) is 6.92 Å². The third-order valence-electron chi connectivity index (χ3n) is 10.3. The molecule has 0 aromatic heterocycles.